The molecular formula is C20H15N3OS. The van der Waals surface area contributed by atoms with E-state index in [1.807, 2.05) is 59.3 Å². The summed E-state index contributed by atoms with van der Waals surface area (Å²) in [6, 6.07) is 15.4. The van der Waals surface area contributed by atoms with Crippen molar-refractivity contribution in [2.75, 3.05) is 0 Å². The van der Waals surface area contributed by atoms with Crippen LogP contribution in [-0.4, -0.2) is 15.9 Å². The molecule has 5 heteroatoms. The molecule has 4 nitrogen and oxygen atoms in total. The summed E-state index contributed by atoms with van der Waals surface area (Å²) in [5.74, 6) is -0.105. The number of benzene rings is 1. The molecule has 0 aliphatic heterocycles. The molecule has 122 valence electrons. The van der Waals surface area contributed by atoms with Crippen molar-refractivity contribution in [3.8, 4) is 11.3 Å². The number of aromatic nitrogens is 2. The minimum atomic E-state index is -0.105. The molecule has 0 radical (unpaired) electrons. The average molecular weight is 345 g/mol. The second-order valence-corrected chi connectivity index (χ2v) is 6.40. The summed E-state index contributed by atoms with van der Waals surface area (Å²) in [6.45, 7) is 0.464. The number of pyridine rings is 2. The number of nitrogens with one attached hydrogen (secondary N) is 1. The van der Waals surface area contributed by atoms with Crippen LogP contribution >= 0.6 is 11.3 Å². The Balaban J connectivity index is 1.71. The SMILES string of the molecule is O=C(NCc1ccncc1)c1cc(-c2ccsc2)nc2ccccc12. The van der Waals surface area contributed by atoms with E-state index >= 15 is 0 Å². The average Bonchev–Trinajstić information content (AvgIpc) is 3.21. The maximum Gasteiger partial charge on any atom is 0.252 e. The normalized spacial score (nSPS) is 10.7. The van der Waals surface area contributed by atoms with E-state index < -0.39 is 0 Å². The molecule has 4 rings (SSSR count). The van der Waals surface area contributed by atoms with Gasteiger partial charge in [-0.2, -0.15) is 11.3 Å². The molecule has 1 amide bonds. The second kappa shape index (κ2) is 6.83. The third kappa shape index (κ3) is 3.27. The van der Waals surface area contributed by atoms with Crippen LogP contribution in [0.4, 0.5) is 0 Å². The first-order valence-corrected chi connectivity index (χ1v) is 8.85. The molecule has 0 fully saturated rings. The van der Waals surface area contributed by atoms with Crippen LogP contribution in [0.3, 0.4) is 0 Å². The lowest BCUT2D eigenvalue weighted by Gasteiger charge is -2.10. The van der Waals surface area contributed by atoms with Crippen LogP contribution in [0.25, 0.3) is 22.2 Å². The molecular weight excluding hydrogens is 330 g/mol. The van der Waals surface area contributed by atoms with Crippen LogP contribution in [0.15, 0.2) is 71.7 Å². The minimum Gasteiger partial charge on any atom is -0.348 e. The summed E-state index contributed by atoms with van der Waals surface area (Å²) in [5, 5.41) is 7.89. The molecule has 0 saturated carbocycles. The first kappa shape index (κ1) is 15.5. The fourth-order valence-corrected chi connectivity index (χ4v) is 3.35. The monoisotopic (exact) mass is 345 g/mol. The smallest absolute Gasteiger partial charge is 0.252 e. The van der Waals surface area contributed by atoms with E-state index in [-0.39, 0.29) is 5.91 Å². The standard InChI is InChI=1S/C20H15N3OS/c24-20(22-12-14-5-8-21-9-6-14)17-11-19(15-7-10-25-13-15)23-18-4-2-1-3-16(17)18/h1-11,13H,12H2,(H,22,24). The van der Waals surface area contributed by atoms with E-state index in [4.69, 9.17) is 4.98 Å². The molecule has 1 N–H and O–H groups in total. The summed E-state index contributed by atoms with van der Waals surface area (Å²) in [7, 11) is 0. The van der Waals surface area contributed by atoms with Crippen LogP contribution in [0.2, 0.25) is 0 Å². The number of carbonyl (C=O) groups excluding carboxylic acids is 1. The summed E-state index contributed by atoms with van der Waals surface area (Å²) in [6.07, 6.45) is 3.44. The quantitative estimate of drug-likeness (QED) is 0.600. The van der Waals surface area contributed by atoms with Crippen LogP contribution < -0.4 is 5.32 Å². The van der Waals surface area contributed by atoms with E-state index in [1.54, 1.807) is 23.7 Å². The Morgan fingerprint density at radius 2 is 1.92 bits per heavy atom. The van der Waals surface area contributed by atoms with Gasteiger partial charge in [-0.3, -0.25) is 9.78 Å². The van der Waals surface area contributed by atoms with Crippen LogP contribution in [0.5, 0.6) is 0 Å². The third-order valence-corrected chi connectivity index (χ3v) is 4.66. The Kier molecular flexibility index (Phi) is 4.23. The summed E-state index contributed by atoms with van der Waals surface area (Å²) in [5.41, 5.74) is 4.31. The Hall–Kier alpha value is -3.05. The van der Waals surface area contributed by atoms with Crippen molar-refractivity contribution in [1.82, 2.24) is 15.3 Å². The van der Waals surface area contributed by atoms with Crippen LogP contribution in [-0.2, 0) is 6.54 Å². The van der Waals surface area contributed by atoms with Crippen molar-refractivity contribution in [2.45, 2.75) is 6.54 Å². The zero-order valence-corrected chi connectivity index (χ0v) is 14.2. The highest BCUT2D eigenvalue weighted by atomic mass is 32.1. The summed E-state index contributed by atoms with van der Waals surface area (Å²) >= 11 is 1.62. The molecule has 0 atom stereocenters. The fraction of sp³-hybridized carbons (Fsp3) is 0.0500. The van der Waals surface area contributed by atoms with Crippen molar-refractivity contribution in [3.63, 3.8) is 0 Å². The number of nitrogens with zero attached hydrogens (tertiary/aromatic N) is 2. The van der Waals surface area contributed by atoms with E-state index in [9.17, 15) is 4.79 Å². The molecule has 1 aromatic carbocycles. The van der Waals surface area contributed by atoms with E-state index in [0.29, 0.717) is 12.1 Å². The number of fused-ring (bicyclic) bond motifs is 1. The van der Waals surface area contributed by atoms with Gasteiger partial charge in [-0.1, -0.05) is 18.2 Å². The Morgan fingerprint density at radius 1 is 1.08 bits per heavy atom. The van der Waals surface area contributed by atoms with E-state index in [1.165, 1.54) is 0 Å². The zero-order valence-electron chi connectivity index (χ0n) is 13.3. The van der Waals surface area contributed by atoms with Gasteiger partial charge in [0.1, 0.15) is 0 Å². The van der Waals surface area contributed by atoms with E-state index in [2.05, 4.69) is 10.3 Å². The highest BCUT2D eigenvalue weighted by Crippen LogP contribution is 2.26. The number of carbonyl (C=O) groups is 1. The molecule has 0 aliphatic rings. The van der Waals surface area contributed by atoms with Crippen molar-refractivity contribution in [1.29, 1.82) is 0 Å². The van der Waals surface area contributed by atoms with Gasteiger partial charge in [0, 0.05) is 35.3 Å². The fourth-order valence-electron chi connectivity index (χ4n) is 2.70. The van der Waals surface area contributed by atoms with Gasteiger partial charge in [0.2, 0.25) is 0 Å². The lowest BCUT2D eigenvalue weighted by molar-refractivity contribution is 0.0952. The van der Waals surface area contributed by atoms with Gasteiger partial charge < -0.3 is 5.32 Å². The maximum absolute atomic E-state index is 12.8. The molecule has 4 aromatic rings. The van der Waals surface area contributed by atoms with Gasteiger partial charge in [-0.25, -0.2) is 4.98 Å². The van der Waals surface area contributed by atoms with Gasteiger partial charge in [0.15, 0.2) is 0 Å². The largest absolute Gasteiger partial charge is 0.348 e. The van der Waals surface area contributed by atoms with Crippen molar-refractivity contribution in [2.24, 2.45) is 0 Å². The van der Waals surface area contributed by atoms with Crippen LogP contribution in [0, 0.1) is 0 Å². The zero-order chi connectivity index (χ0) is 17.1. The first-order chi connectivity index (χ1) is 12.3. The predicted octanol–water partition coefficient (Wildman–Crippen LogP) is 4.29. The van der Waals surface area contributed by atoms with Crippen LogP contribution in [0.1, 0.15) is 15.9 Å². The van der Waals surface area contributed by atoms with E-state index in [0.717, 1.165) is 27.7 Å². The lowest BCUT2D eigenvalue weighted by Crippen LogP contribution is -2.23. The van der Waals surface area contributed by atoms with Gasteiger partial charge >= 0.3 is 0 Å². The second-order valence-electron chi connectivity index (χ2n) is 5.62. The Labute approximate surface area is 149 Å². The number of amides is 1. The van der Waals surface area contributed by atoms with Crippen molar-refractivity contribution < 1.29 is 4.79 Å². The van der Waals surface area contributed by atoms with Crippen molar-refractivity contribution in [3.05, 3.63) is 82.8 Å². The number of thiophene rings is 1. The lowest BCUT2D eigenvalue weighted by atomic mass is 10.0. The van der Waals surface area contributed by atoms with Crippen molar-refractivity contribution >= 4 is 28.1 Å². The Morgan fingerprint density at radius 3 is 2.72 bits per heavy atom. The molecule has 0 spiro atoms. The van der Waals surface area contributed by atoms with Gasteiger partial charge in [-0.05, 0) is 41.3 Å². The first-order valence-electron chi connectivity index (χ1n) is 7.91. The van der Waals surface area contributed by atoms with Gasteiger partial charge in [-0.15, -0.1) is 0 Å². The third-order valence-electron chi connectivity index (χ3n) is 3.98. The maximum atomic E-state index is 12.8. The molecule has 0 aliphatic carbocycles. The topological polar surface area (TPSA) is 54.9 Å². The van der Waals surface area contributed by atoms with Gasteiger partial charge in [0.05, 0.1) is 16.8 Å². The molecule has 0 saturated heterocycles. The molecule has 3 aromatic heterocycles. The number of para-hydroxylation sites is 1. The summed E-state index contributed by atoms with van der Waals surface area (Å²) in [4.78, 5) is 21.5. The Bertz CT molecular complexity index is 1010. The number of rotatable bonds is 4. The minimum absolute atomic E-state index is 0.105. The predicted molar refractivity (Wildman–Crippen MR) is 100 cm³/mol. The number of hydrogen-bond donors (Lipinski definition) is 1. The molecule has 0 unspecified atom stereocenters. The van der Waals surface area contributed by atoms with Gasteiger partial charge in [0.25, 0.3) is 5.91 Å². The highest BCUT2D eigenvalue weighted by Gasteiger charge is 2.14. The molecule has 3 heterocycles. The highest BCUT2D eigenvalue weighted by molar-refractivity contribution is 7.08. The summed E-state index contributed by atoms with van der Waals surface area (Å²) < 4.78 is 0. The number of hydrogen-bond acceptors (Lipinski definition) is 4. The molecule has 25 heavy (non-hydrogen) atoms. The molecule has 0 bridgehead atoms.